The van der Waals surface area contributed by atoms with E-state index in [4.69, 9.17) is 4.42 Å². The number of hydrogen-bond donors (Lipinski definition) is 2. The molecule has 7 nitrogen and oxygen atoms in total. The van der Waals surface area contributed by atoms with Gasteiger partial charge in [0, 0.05) is 5.69 Å². The number of sulfonamides is 1. The monoisotopic (exact) mass is 383 g/mol. The number of furan rings is 1. The molecule has 0 atom stereocenters. The fraction of sp³-hybridized carbons (Fsp3) is 0.0526. The first-order chi connectivity index (χ1) is 13.0. The van der Waals surface area contributed by atoms with Gasteiger partial charge in [0.05, 0.1) is 16.9 Å². The van der Waals surface area contributed by atoms with Crippen LogP contribution in [0.25, 0.3) is 0 Å². The highest BCUT2D eigenvalue weighted by atomic mass is 32.2. The lowest BCUT2D eigenvalue weighted by atomic mass is 10.1. The summed E-state index contributed by atoms with van der Waals surface area (Å²) < 4.78 is 32.1. The highest BCUT2D eigenvalue weighted by Crippen LogP contribution is 2.16. The summed E-state index contributed by atoms with van der Waals surface area (Å²) in [7, 11) is -3.64. The number of amides is 1. The lowest BCUT2D eigenvalue weighted by Crippen LogP contribution is -2.18. The molecule has 0 aliphatic heterocycles. The van der Waals surface area contributed by atoms with E-state index in [1.165, 1.54) is 24.5 Å². The zero-order valence-corrected chi connectivity index (χ0v) is 15.2. The molecular formula is C19H17N3O4S. The first-order valence-electron chi connectivity index (χ1n) is 8.02. The fourth-order valence-corrected chi connectivity index (χ4v) is 3.33. The molecule has 3 aromatic rings. The van der Waals surface area contributed by atoms with E-state index >= 15 is 0 Å². The van der Waals surface area contributed by atoms with Crippen LogP contribution in [0.15, 0.2) is 87.4 Å². The number of hydrazone groups is 1. The third kappa shape index (κ3) is 4.62. The van der Waals surface area contributed by atoms with Crippen molar-refractivity contribution in [3.8, 4) is 0 Å². The number of rotatable bonds is 6. The molecule has 27 heavy (non-hydrogen) atoms. The molecule has 0 fully saturated rings. The van der Waals surface area contributed by atoms with Crippen molar-refractivity contribution in [2.75, 3.05) is 4.72 Å². The van der Waals surface area contributed by atoms with E-state index in [0.717, 1.165) is 5.56 Å². The lowest BCUT2D eigenvalue weighted by molar-refractivity contribution is 0.0927. The average molecular weight is 383 g/mol. The number of carbonyl (C=O) groups excluding carboxylic acids is 1. The summed E-state index contributed by atoms with van der Waals surface area (Å²) in [5.74, 6) is -0.288. The summed E-state index contributed by atoms with van der Waals surface area (Å²) >= 11 is 0. The van der Waals surface area contributed by atoms with E-state index in [9.17, 15) is 13.2 Å². The van der Waals surface area contributed by atoms with Crippen LogP contribution in [0.2, 0.25) is 0 Å². The van der Waals surface area contributed by atoms with Crippen LogP contribution in [0.1, 0.15) is 23.0 Å². The molecule has 3 rings (SSSR count). The molecule has 0 saturated heterocycles. The second kappa shape index (κ2) is 7.88. The van der Waals surface area contributed by atoms with Gasteiger partial charge in [-0.15, -0.1) is 0 Å². The highest BCUT2D eigenvalue weighted by Gasteiger charge is 2.13. The Morgan fingerprint density at radius 2 is 1.67 bits per heavy atom. The van der Waals surface area contributed by atoms with Gasteiger partial charge >= 0.3 is 5.91 Å². The predicted octanol–water partition coefficient (Wildman–Crippen LogP) is 3.23. The molecular weight excluding hydrogens is 366 g/mol. The van der Waals surface area contributed by atoms with E-state index in [-0.39, 0.29) is 10.7 Å². The Bertz CT molecular complexity index is 1040. The van der Waals surface area contributed by atoms with Gasteiger partial charge in [-0.3, -0.25) is 9.52 Å². The number of hydrogen-bond acceptors (Lipinski definition) is 5. The van der Waals surface area contributed by atoms with Crippen molar-refractivity contribution in [3.63, 3.8) is 0 Å². The molecule has 0 spiro atoms. The van der Waals surface area contributed by atoms with Gasteiger partial charge in [-0.25, -0.2) is 13.8 Å². The van der Waals surface area contributed by atoms with Crippen molar-refractivity contribution >= 4 is 27.3 Å². The molecule has 0 aliphatic rings. The molecule has 0 aliphatic carbocycles. The maximum atomic E-state index is 12.3. The minimum atomic E-state index is -3.64. The Balaban J connectivity index is 1.68. The van der Waals surface area contributed by atoms with Gasteiger partial charge in [-0.1, -0.05) is 30.3 Å². The van der Waals surface area contributed by atoms with Crippen LogP contribution >= 0.6 is 0 Å². The standard InChI is InChI=1S/C19H17N3O4S/c1-14(20-21-19(23)18-8-5-13-26-18)15-9-11-16(12-10-15)22-27(24,25)17-6-3-2-4-7-17/h2-13,22H,1H3,(H,21,23)/b20-14+. The zero-order chi connectivity index (χ0) is 19.3. The maximum absolute atomic E-state index is 12.3. The molecule has 0 bridgehead atoms. The SMILES string of the molecule is C/C(=N\NC(=O)c1ccco1)c1ccc(NS(=O)(=O)c2ccccc2)cc1. The van der Waals surface area contributed by atoms with Crippen LogP contribution in [-0.4, -0.2) is 20.0 Å². The van der Waals surface area contributed by atoms with Crippen LogP contribution in [0.3, 0.4) is 0 Å². The van der Waals surface area contributed by atoms with Crippen molar-refractivity contribution < 1.29 is 17.6 Å². The Morgan fingerprint density at radius 3 is 2.30 bits per heavy atom. The van der Waals surface area contributed by atoms with Crippen LogP contribution in [0, 0.1) is 0 Å². The molecule has 138 valence electrons. The second-order valence-corrected chi connectivity index (χ2v) is 7.29. The second-order valence-electron chi connectivity index (χ2n) is 5.61. The largest absolute Gasteiger partial charge is 0.459 e. The topological polar surface area (TPSA) is 101 Å². The average Bonchev–Trinajstić information content (AvgIpc) is 3.22. The summed E-state index contributed by atoms with van der Waals surface area (Å²) in [6.07, 6.45) is 1.40. The van der Waals surface area contributed by atoms with Crippen molar-refractivity contribution in [1.29, 1.82) is 0 Å². The van der Waals surface area contributed by atoms with Crippen LogP contribution in [0.4, 0.5) is 5.69 Å². The first-order valence-corrected chi connectivity index (χ1v) is 9.50. The van der Waals surface area contributed by atoms with Crippen molar-refractivity contribution in [2.24, 2.45) is 5.10 Å². The van der Waals surface area contributed by atoms with E-state index < -0.39 is 15.9 Å². The van der Waals surface area contributed by atoms with Gasteiger partial charge in [0.1, 0.15) is 0 Å². The zero-order valence-electron chi connectivity index (χ0n) is 14.4. The summed E-state index contributed by atoms with van der Waals surface area (Å²) in [4.78, 5) is 12.0. The molecule has 2 aromatic carbocycles. The number of carbonyl (C=O) groups is 1. The molecule has 1 amide bonds. The Hall–Kier alpha value is -3.39. The Kier molecular flexibility index (Phi) is 5.37. The molecule has 0 unspecified atom stereocenters. The summed E-state index contributed by atoms with van der Waals surface area (Å²) in [6, 6.07) is 17.9. The van der Waals surface area contributed by atoms with Crippen LogP contribution < -0.4 is 10.1 Å². The minimum Gasteiger partial charge on any atom is -0.459 e. The van der Waals surface area contributed by atoms with Crippen molar-refractivity contribution in [2.45, 2.75) is 11.8 Å². The number of anilines is 1. The van der Waals surface area contributed by atoms with E-state index in [1.54, 1.807) is 55.5 Å². The molecule has 0 radical (unpaired) electrons. The van der Waals surface area contributed by atoms with E-state index in [2.05, 4.69) is 15.2 Å². The van der Waals surface area contributed by atoms with Gasteiger partial charge in [-0.05, 0) is 48.9 Å². The molecule has 1 aromatic heterocycles. The predicted molar refractivity (Wildman–Crippen MR) is 102 cm³/mol. The Morgan fingerprint density at radius 1 is 0.963 bits per heavy atom. The quantitative estimate of drug-likeness (QED) is 0.504. The van der Waals surface area contributed by atoms with E-state index in [0.29, 0.717) is 11.4 Å². The van der Waals surface area contributed by atoms with Gasteiger partial charge in [0.25, 0.3) is 10.0 Å². The van der Waals surface area contributed by atoms with Gasteiger partial charge in [0.15, 0.2) is 5.76 Å². The summed E-state index contributed by atoms with van der Waals surface area (Å²) in [5, 5.41) is 4.02. The highest BCUT2D eigenvalue weighted by molar-refractivity contribution is 7.92. The Labute approximate surface area is 156 Å². The molecule has 2 N–H and O–H groups in total. The van der Waals surface area contributed by atoms with Gasteiger partial charge < -0.3 is 4.42 Å². The van der Waals surface area contributed by atoms with Crippen molar-refractivity contribution in [1.82, 2.24) is 5.43 Å². The normalized spacial score (nSPS) is 11.8. The summed E-state index contributed by atoms with van der Waals surface area (Å²) in [5.41, 5.74) is 4.12. The maximum Gasteiger partial charge on any atom is 0.307 e. The smallest absolute Gasteiger partial charge is 0.307 e. The number of nitrogens with one attached hydrogen (secondary N) is 2. The number of nitrogens with zero attached hydrogens (tertiary/aromatic N) is 1. The molecule has 0 saturated carbocycles. The van der Waals surface area contributed by atoms with Crippen molar-refractivity contribution in [3.05, 3.63) is 84.3 Å². The fourth-order valence-electron chi connectivity index (χ4n) is 2.26. The van der Waals surface area contributed by atoms with Gasteiger partial charge in [0.2, 0.25) is 0 Å². The first kappa shape index (κ1) is 18.4. The lowest BCUT2D eigenvalue weighted by Gasteiger charge is -2.09. The molecule has 8 heteroatoms. The minimum absolute atomic E-state index is 0.164. The van der Waals surface area contributed by atoms with Gasteiger partial charge in [-0.2, -0.15) is 5.10 Å². The number of benzene rings is 2. The molecule has 1 heterocycles. The van der Waals surface area contributed by atoms with Crippen LogP contribution in [-0.2, 0) is 10.0 Å². The van der Waals surface area contributed by atoms with E-state index in [1.807, 2.05) is 0 Å². The third-order valence-corrected chi connectivity index (χ3v) is 5.08. The van der Waals surface area contributed by atoms with Crippen LogP contribution in [0.5, 0.6) is 0 Å². The third-order valence-electron chi connectivity index (χ3n) is 3.68. The summed E-state index contributed by atoms with van der Waals surface area (Å²) in [6.45, 7) is 1.73.